The number of nitrogens with zero attached hydrogens (tertiary/aromatic N) is 4. The number of carbonyl (C=O) groups excluding carboxylic acids is 3. The van der Waals surface area contributed by atoms with Crippen LogP contribution in [0.5, 0.6) is 0 Å². The van der Waals surface area contributed by atoms with E-state index in [9.17, 15) is 24.3 Å². The van der Waals surface area contributed by atoms with Crippen LogP contribution in [0.3, 0.4) is 0 Å². The van der Waals surface area contributed by atoms with E-state index in [1.807, 2.05) is 4.90 Å². The van der Waals surface area contributed by atoms with Gasteiger partial charge in [-0.15, -0.1) is 23.1 Å². The fourth-order valence-electron chi connectivity index (χ4n) is 6.25. The van der Waals surface area contributed by atoms with Gasteiger partial charge in [-0.05, 0) is 75.6 Å². The fourth-order valence-corrected chi connectivity index (χ4v) is 8.10. The molecular formula is C28H35N7O6S2. The quantitative estimate of drug-likeness (QED) is 0.135. The first-order valence-corrected chi connectivity index (χ1v) is 16.6. The molecule has 4 aliphatic heterocycles. The van der Waals surface area contributed by atoms with Gasteiger partial charge >= 0.3 is 5.97 Å². The lowest BCUT2D eigenvalue weighted by molar-refractivity contribution is -0.150. The molecule has 5 heterocycles. The maximum atomic E-state index is 13.3. The van der Waals surface area contributed by atoms with E-state index in [0.717, 1.165) is 63.0 Å². The normalized spacial score (nSPS) is 26.2. The number of hydrogen-bond donors (Lipinski definition) is 4. The summed E-state index contributed by atoms with van der Waals surface area (Å²) < 4.78 is 0. The second kappa shape index (κ2) is 12.7. The molecule has 13 nitrogen and oxygen atoms in total. The van der Waals surface area contributed by atoms with Gasteiger partial charge < -0.3 is 31.2 Å². The summed E-state index contributed by atoms with van der Waals surface area (Å²) in [6.45, 7) is 3.22. The van der Waals surface area contributed by atoms with Crippen molar-refractivity contribution in [3.8, 4) is 0 Å². The number of carbonyl (C=O) groups is 4. The molecule has 3 amide bonds. The highest BCUT2D eigenvalue weighted by molar-refractivity contribution is 8.00. The molecule has 1 aromatic rings. The van der Waals surface area contributed by atoms with E-state index in [4.69, 9.17) is 10.6 Å². The summed E-state index contributed by atoms with van der Waals surface area (Å²) in [7, 11) is 0. The molecule has 6 rings (SSSR count). The number of thiazole rings is 1. The number of nitrogen functional groups attached to an aromatic ring is 1. The van der Waals surface area contributed by atoms with Crippen molar-refractivity contribution in [2.45, 2.75) is 62.5 Å². The number of fused-ring (bicyclic) bond motifs is 1. The Morgan fingerprint density at radius 1 is 1.23 bits per heavy atom. The van der Waals surface area contributed by atoms with Crippen molar-refractivity contribution in [2.24, 2.45) is 11.1 Å². The van der Waals surface area contributed by atoms with E-state index in [0.29, 0.717) is 36.6 Å². The van der Waals surface area contributed by atoms with Crippen LogP contribution in [0, 0.1) is 5.92 Å². The first-order chi connectivity index (χ1) is 20.8. The number of aromatic nitrogens is 1. The van der Waals surface area contributed by atoms with Gasteiger partial charge in [-0.2, -0.15) is 0 Å². The molecule has 230 valence electrons. The molecule has 0 bridgehead atoms. The summed E-state index contributed by atoms with van der Waals surface area (Å²) in [4.78, 5) is 65.0. The number of rotatable bonds is 9. The predicted molar refractivity (Wildman–Crippen MR) is 161 cm³/mol. The van der Waals surface area contributed by atoms with Crippen molar-refractivity contribution in [1.29, 1.82) is 0 Å². The number of likely N-dealkylation sites (tertiary alicyclic amines) is 1. The zero-order valence-corrected chi connectivity index (χ0v) is 25.3. The smallest absolute Gasteiger partial charge is 0.352 e. The SMILES string of the molecule is Nc1nc(/C(=N/OC2CCCC2)C(=O)N[C@@H]2C(=O)N3C(C(=O)O)=C(/C=C4\CCN(CC5CCNCC5)C4=O)CS[C@H]23)cs1. The Balaban J connectivity index is 1.16. The number of carboxylic acids is 1. The molecule has 1 saturated carbocycles. The third-order valence-corrected chi connectivity index (χ3v) is 10.5. The number of carboxylic acid groups (broad SMARTS) is 1. The maximum Gasteiger partial charge on any atom is 0.352 e. The van der Waals surface area contributed by atoms with Crippen LogP contribution in [0.4, 0.5) is 5.13 Å². The minimum Gasteiger partial charge on any atom is -0.477 e. The van der Waals surface area contributed by atoms with Gasteiger partial charge in [0.2, 0.25) is 5.91 Å². The highest BCUT2D eigenvalue weighted by Gasteiger charge is 2.54. The molecule has 0 spiro atoms. The molecule has 3 saturated heterocycles. The number of β-lactam (4-membered cyclic amide) rings is 1. The molecule has 43 heavy (non-hydrogen) atoms. The molecule has 4 fully saturated rings. The molecule has 5 aliphatic rings. The number of anilines is 1. The molecule has 2 atom stereocenters. The first kappa shape index (κ1) is 29.6. The van der Waals surface area contributed by atoms with Crippen LogP contribution in [0.25, 0.3) is 0 Å². The summed E-state index contributed by atoms with van der Waals surface area (Å²) in [6.07, 6.45) is 7.90. The summed E-state index contributed by atoms with van der Waals surface area (Å²) in [5, 5.41) is 21.5. The number of nitrogens with one attached hydrogen (secondary N) is 2. The highest BCUT2D eigenvalue weighted by Crippen LogP contribution is 2.41. The Morgan fingerprint density at radius 2 is 2.00 bits per heavy atom. The summed E-state index contributed by atoms with van der Waals surface area (Å²) >= 11 is 2.50. The molecule has 0 radical (unpaired) electrons. The lowest BCUT2D eigenvalue weighted by atomic mass is 9.97. The molecule has 5 N–H and O–H groups in total. The summed E-state index contributed by atoms with van der Waals surface area (Å²) in [5.74, 6) is -1.78. The Labute approximate surface area is 256 Å². The monoisotopic (exact) mass is 629 g/mol. The molecular weight excluding hydrogens is 594 g/mol. The Kier molecular flexibility index (Phi) is 8.73. The standard InChI is InChI=1S/C28H35N7O6S2/c29-28-31-19(14-43-28)20(33-41-18-3-1-2-4-18)23(36)32-21-25(38)35-22(27(39)40)17(13-42-26(21)35)11-16-7-10-34(24(16)37)12-15-5-8-30-9-6-15/h11,14-15,18,21,26,30H,1-10,12-13H2,(H2,29,31)(H,32,36)(H,39,40)/b16-11+,33-20-/t21-,26-/m1/s1. The van der Waals surface area contributed by atoms with Crippen LogP contribution < -0.4 is 16.4 Å². The number of amides is 3. The third-order valence-electron chi connectivity index (χ3n) is 8.56. The van der Waals surface area contributed by atoms with Crippen LogP contribution in [-0.2, 0) is 24.0 Å². The summed E-state index contributed by atoms with van der Waals surface area (Å²) in [5.41, 5.74) is 6.77. The zero-order valence-electron chi connectivity index (χ0n) is 23.6. The van der Waals surface area contributed by atoms with Gasteiger partial charge in [-0.25, -0.2) is 9.78 Å². The van der Waals surface area contributed by atoms with Gasteiger partial charge in [0, 0.05) is 29.8 Å². The van der Waals surface area contributed by atoms with Crippen LogP contribution >= 0.6 is 23.1 Å². The van der Waals surface area contributed by atoms with Crippen molar-refractivity contribution < 1.29 is 29.1 Å². The second-order valence-corrected chi connectivity index (χ2v) is 13.4. The third kappa shape index (κ3) is 6.15. The number of hydrogen-bond acceptors (Lipinski definition) is 11. The number of nitrogens with two attached hydrogens (primary N) is 1. The van der Waals surface area contributed by atoms with Crippen LogP contribution in [-0.4, -0.2) is 98.7 Å². The minimum absolute atomic E-state index is 0.0720. The van der Waals surface area contributed by atoms with Crippen molar-refractivity contribution in [2.75, 3.05) is 37.7 Å². The fraction of sp³-hybridized carbons (Fsp3) is 0.571. The van der Waals surface area contributed by atoms with E-state index in [1.54, 1.807) is 11.5 Å². The van der Waals surface area contributed by atoms with Gasteiger partial charge in [-0.3, -0.25) is 19.3 Å². The van der Waals surface area contributed by atoms with Crippen molar-refractivity contribution in [3.05, 3.63) is 34.0 Å². The Morgan fingerprint density at radius 3 is 2.70 bits per heavy atom. The number of thioether (sulfide) groups is 1. The Hall–Kier alpha value is -3.43. The van der Waals surface area contributed by atoms with Crippen LogP contribution in [0.15, 0.2) is 33.5 Å². The Bertz CT molecular complexity index is 1400. The molecule has 1 aromatic heterocycles. The molecule has 0 unspecified atom stereocenters. The van der Waals surface area contributed by atoms with E-state index in [2.05, 4.69) is 20.8 Å². The predicted octanol–water partition coefficient (Wildman–Crippen LogP) is 1.29. The van der Waals surface area contributed by atoms with Crippen molar-refractivity contribution in [1.82, 2.24) is 25.4 Å². The van der Waals surface area contributed by atoms with Gasteiger partial charge in [0.1, 0.15) is 28.9 Å². The average Bonchev–Trinajstić information content (AvgIpc) is 3.75. The lowest BCUT2D eigenvalue weighted by Gasteiger charge is -2.49. The maximum absolute atomic E-state index is 13.3. The minimum atomic E-state index is -1.25. The number of piperidine rings is 1. The zero-order chi connectivity index (χ0) is 30.1. The van der Waals surface area contributed by atoms with Crippen LogP contribution in [0.2, 0.25) is 0 Å². The van der Waals surface area contributed by atoms with E-state index in [-0.39, 0.29) is 40.0 Å². The molecule has 1 aliphatic carbocycles. The number of allylic oxidation sites excluding steroid dienone is 1. The first-order valence-electron chi connectivity index (χ1n) is 14.7. The number of aliphatic carboxylic acids is 1. The van der Waals surface area contributed by atoms with Gasteiger partial charge in [0.15, 0.2) is 10.8 Å². The lowest BCUT2D eigenvalue weighted by Crippen LogP contribution is -2.71. The van der Waals surface area contributed by atoms with E-state index < -0.39 is 29.2 Å². The highest BCUT2D eigenvalue weighted by atomic mass is 32.2. The summed E-state index contributed by atoms with van der Waals surface area (Å²) in [6, 6.07) is -0.956. The largest absolute Gasteiger partial charge is 0.477 e. The van der Waals surface area contributed by atoms with Crippen molar-refractivity contribution in [3.63, 3.8) is 0 Å². The van der Waals surface area contributed by atoms with Crippen molar-refractivity contribution >= 4 is 57.6 Å². The van der Waals surface area contributed by atoms with Gasteiger partial charge in [0.25, 0.3) is 11.8 Å². The van der Waals surface area contributed by atoms with Crippen LogP contribution in [0.1, 0.15) is 50.6 Å². The average molecular weight is 630 g/mol. The van der Waals surface area contributed by atoms with Gasteiger partial charge in [-0.1, -0.05) is 5.16 Å². The number of oxime groups is 1. The molecule has 0 aromatic carbocycles. The van der Waals surface area contributed by atoms with Gasteiger partial charge in [0.05, 0.1) is 0 Å². The topological polar surface area (TPSA) is 180 Å². The van der Waals surface area contributed by atoms with E-state index in [1.165, 1.54) is 16.7 Å². The van der Waals surface area contributed by atoms with E-state index >= 15 is 0 Å². The second-order valence-electron chi connectivity index (χ2n) is 11.4. The molecule has 15 heteroatoms.